The number of hydrogen-bond acceptors (Lipinski definition) is 5. The standard InChI is InChI=1S/C24H17Cl2FN2O3S/c1-31-21-10-14(2-9-20(21)32-13-15-3-4-16(25)12-19(15)26)11-22-23(30)29(24(28)33-22)18-7-5-17(27)6-8-18/h2-12,28H,13H2,1H3/b22-11-,28-24?. The summed E-state index contributed by atoms with van der Waals surface area (Å²) >= 11 is 13.2. The Morgan fingerprint density at radius 2 is 1.82 bits per heavy atom. The van der Waals surface area contributed by atoms with Gasteiger partial charge in [-0.05, 0) is 71.9 Å². The highest BCUT2D eigenvalue weighted by atomic mass is 35.5. The SMILES string of the molecule is COc1cc(/C=C2\SC(=N)N(c3ccc(F)cc3)C2=O)ccc1OCc1ccc(Cl)cc1Cl. The van der Waals surface area contributed by atoms with E-state index in [0.29, 0.717) is 37.7 Å². The van der Waals surface area contributed by atoms with Gasteiger partial charge in [-0.2, -0.15) is 0 Å². The molecule has 3 aromatic rings. The molecule has 0 unspecified atom stereocenters. The first-order chi connectivity index (χ1) is 15.9. The Balaban J connectivity index is 1.53. The van der Waals surface area contributed by atoms with Crippen LogP contribution in [-0.2, 0) is 11.4 Å². The van der Waals surface area contributed by atoms with Crippen molar-refractivity contribution in [1.82, 2.24) is 0 Å². The molecule has 5 nitrogen and oxygen atoms in total. The van der Waals surface area contributed by atoms with Gasteiger partial charge < -0.3 is 9.47 Å². The van der Waals surface area contributed by atoms with Crippen molar-refractivity contribution in [1.29, 1.82) is 5.41 Å². The fraction of sp³-hybridized carbons (Fsp3) is 0.0833. The van der Waals surface area contributed by atoms with Gasteiger partial charge in [-0.1, -0.05) is 35.3 Å². The molecule has 1 fully saturated rings. The molecule has 0 radical (unpaired) electrons. The molecule has 0 aliphatic carbocycles. The maximum atomic E-state index is 13.2. The molecule has 9 heteroatoms. The number of amides is 1. The fourth-order valence-electron chi connectivity index (χ4n) is 3.15. The highest BCUT2D eigenvalue weighted by Crippen LogP contribution is 2.37. The van der Waals surface area contributed by atoms with E-state index < -0.39 is 5.82 Å². The van der Waals surface area contributed by atoms with Gasteiger partial charge in [0.15, 0.2) is 16.7 Å². The Kier molecular flexibility index (Phi) is 6.93. The lowest BCUT2D eigenvalue weighted by Gasteiger charge is -2.14. The van der Waals surface area contributed by atoms with Crippen molar-refractivity contribution in [2.45, 2.75) is 6.61 Å². The van der Waals surface area contributed by atoms with Crippen LogP contribution in [-0.4, -0.2) is 18.2 Å². The normalized spacial score (nSPS) is 14.8. The first-order valence-corrected chi connectivity index (χ1v) is 11.3. The number of amidine groups is 1. The molecule has 0 saturated carbocycles. The molecular weight excluding hydrogens is 486 g/mol. The number of anilines is 1. The number of methoxy groups -OCH3 is 1. The summed E-state index contributed by atoms with van der Waals surface area (Å²) in [5.74, 6) is 0.230. The van der Waals surface area contributed by atoms with Crippen molar-refractivity contribution in [2.75, 3.05) is 12.0 Å². The summed E-state index contributed by atoms with van der Waals surface area (Å²) in [5, 5.41) is 9.27. The van der Waals surface area contributed by atoms with Crippen molar-refractivity contribution in [3.8, 4) is 11.5 Å². The zero-order valence-electron chi connectivity index (χ0n) is 17.3. The molecule has 3 aromatic carbocycles. The van der Waals surface area contributed by atoms with Gasteiger partial charge in [0, 0.05) is 15.6 Å². The molecule has 1 N–H and O–H groups in total. The van der Waals surface area contributed by atoms with Crippen molar-refractivity contribution in [3.05, 3.63) is 92.6 Å². The maximum absolute atomic E-state index is 13.2. The van der Waals surface area contributed by atoms with Crippen LogP contribution in [0, 0.1) is 11.2 Å². The van der Waals surface area contributed by atoms with E-state index in [-0.39, 0.29) is 17.7 Å². The summed E-state index contributed by atoms with van der Waals surface area (Å²) in [6.07, 6.45) is 1.67. The summed E-state index contributed by atoms with van der Waals surface area (Å²) < 4.78 is 24.5. The molecule has 4 rings (SSSR count). The number of benzene rings is 3. The molecule has 1 heterocycles. The topological polar surface area (TPSA) is 62.6 Å². The van der Waals surface area contributed by atoms with E-state index in [1.807, 2.05) is 0 Å². The first kappa shape index (κ1) is 23.2. The fourth-order valence-corrected chi connectivity index (χ4v) is 4.48. The zero-order chi connectivity index (χ0) is 23.5. The minimum atomic E-state index is -0.409. The van der Waals surface area contributed by atoms with E-state index in [2.05, 4.69) is 0 Å². The lowest BCUT2D eigenvalue weighted by atomic mass is 10.1. The maximum Gasteiger partial charge on any atom is 0.271 e. The van der Waals surface area contributed by atoms with Gasteiger partial charge in [-0.3, -0.25) is 15.1 Å². The zero-order valence-corrected chi connectivity index (χ0v) is 19.6. The summed E-state index contributed by atoms with van der Waals surface area (Å²) in [6, 6.07) is 15.9. The van der Waals surface area contributed by atoms with Gasteiger partial charge in [0.1, 0.15) is 12.4 Å². The van der Waals surface area contributed by atoms with Crippen LogP contribution in [0.1, 0.15) is 11.1 Å². The summed E-state index contributed by atoms with van der Waals surface area (Å²) in [6.45, 7) is 0.227. The van der Waals surface area contributed by atoms with Crippen molar-refractivity contribution < 1.29 is 18.7 Å². The van der Waals surface area contributed by atoms with Crippen molar-refractivity contribution >= 4 is 57.8 Å². The molecule has 0 aromatic heterocycles. The number of hydrogen-bond donors (Lipinski definition) is 1. The number of thioether (sulfide) groups is 1. The molecule has 0 bridgehead atoms. The monoisotopic (exact) mass is 502 g/mol. The molecule has 1 saturated heterocycles. The second-order valence-corrected chi connectivity index (χ2v) is 8.84. The number of rotatable bonds is 6. The number of carbonyl (C=O) groups excluding carboxylic acids is 1. The number of nitrogens with one attached hydrogen (secondary N) is 1. The van der Waals surface area contributed by atoms with E-state index in [0.717, 1.165) is 17.3 Å². The van der Waals surface area contributed by atoms with Gasteiger partial charge in [0.2, 0.25) is 0 Å². The van der Waals surface area contributed by atoms with Crippen LogP contribution >= 0.6 is 35.0 Å². The van der Waals surface area contributed by atoms with Gasteiger partial charge in [-0.25, -0.2) is 4.39 Å². The Labute approximate surface area is 204 Å². The Bertz CT molecular complexity index is 1270. The quantitative estimate of drug-likeness (QED) is 0.377. The molecule has 0 spiro atoms. The van der Waals surface area contributed by atoms with E-state index in [1.54, 1.807) is 42.5 Å². The minimum absolute atomic E-state index is 0.0459. The van der Waals surface area contributed by atoms with Gasteiger partial charge in [0.25, 0.3) is 5.91 Å². The lowest BCUT2D eigenvalue weighted by Crippen LogP contribution is -2.28. The lowest BCUT2D eigenvalue weighted by molar-refractivity contribution is -0.113. The summed E-state index contributed by atoms with van der Waals surface area (Å²) in [7, 11) is 1.52. The van der Waals surface area contributed by atoms with Crippen LogP contribution in [0.3, 0.4) is 0 Å². The van der Waals surface area contributed by atoms with Crippen LogP contribution in [0.5, 0.6) is 11.5 Å². The highest BCUT2D eigenvalue weighted by Gasteiger charge is 2.33. The van der Waals surface area contributed by atoms with E-state index in [1.165, 1.54) is 36.3 Å². The number of ether oxygens (including phenoxy) is 2. The predicted octanol–water partition coefficient (Wildman–Crippen LogP) is 6.78. The number of halogens is 3. The van der Waals surface area contributed by atoms with Crippen LogP contribution in [0.2, 0.25) is 10.0 Å². The van der Waals surface area contributed by atoms with Gasteiger partial charge in [-0.15, -0.1) is 0 Å². The van der Waals surface area contributed by atoms with Gasteiger partial charge >= 0.3 is 0 Å². The largest absolute Gasteiger partial charge is 0.493 e. The second-order valence-electron chi connectivity index (χ2n) is 6.97. The van der Waals surface area contributed by atoms with Gasteiger partial charge in [0.05, 0.1) is 17.7 Å². The second kappa shape index (κ2) is 9.87. The van der Waals surface area contributed by atoms with Crippen LogP contribution < -0.4 is 14.4 Å². The summed E-state index contributed by atoms with van der Waals surface area (Å²) in [4.78, 5) is 14.5. The average Bonchev–Trinajstić information content (AvgIpc) is 3.07. The molecule has 0 atom stereocenters. The van der Waals surface area contributed by atoms with Crippen LogP contribution in [0.25, 0.3) is 6.08 Å². The minimum Gasteiger partial charge on any atom is -0.493 e. The van der Waals surface area contributed by atoms with Crippen LogP contribution in [0.15, 0.2) is 65.6 Å². The third-order valence-corrected chi connectivity index (χ3v) is 6.27. The Hall–Kier alpha value is -3.00. The molecule has 1 amide bonds. The number of carbonyl (C=O) groups is 1. The van der Waals surface area contributed by atoms with Crippen LogP contribution in [0.4, 0.5) is 10.1 Å². The van der Waals surface area contributed by atoms with Crippen molar-refractivity contribution in [2.24, 2.45) is 0 Å². The van der Waals surface area contributed by atoms with E-state index in [9.17, 15) is 9.18 Å². The van der Waals surface area contributed by atoms with Crippen molar-refractivity contribution in [3.63, 3.8) is 0 Å². The Morgan fingerprint density at radius 1 is 1.06 bits per heavy atom. The van der Waals surface area contributed by atoms with E-state index in [4.69, 9.17) is 38.1 Å². The third-order valence-electron chi connectivity index (χ3n) is 4.79. The summed E-state index contributed by atoms with van der Waals surface area (Å²) in [5.41, 5.74) is 1.92. The molecule has 33 heavy (non-hydrogen) atoms. The highest BCUT2D eigenvalue weighted by molar-refractivity contribution is 8.19. The molecule has 168 valence electrons. The Morgan fingerprint density at radius 3 is 2.52 bits per heavy atom. The first-order valence-electron chi connectivity index (χ1n) is 9.68. The smallest absolute Gasteiger partial charge is 0.271 e. The number of nitrogens with zero attached hydrogens (tertiary/aromatic N) is 1. The molecular formula is C24H17Cl2FN2O3S. The predicted molar refractivity (Wildman–Crippen MR) is 131 cm³/mol. The molecule has 1 aliphatic heterocycles. The molecule has 1 aliphatic rings. The third kappa shape index (κ3) is 5.16. The average molecular weight is 503 g/mol. The van der Waals surface area contributed by atoms with E-state index >= 15 is 0 Å².